The average Bonchev–Trinajstić information content (AvgIpc) is 3.25. The Morgan fingerprint density at radius 1 is 0.738 bits per heavy atom. The molecule has 1 atom stereocenters. The summed E-state index contributed by atoms with van der Waals surface area (Å²) in [5, 5.41) is 11.3. The van der Waals surface area contributed by atoms with Crippen molar-refractivity contribution in [1.82, 2.24) is 4.90 Å². The first-order chi connectivity index (χ1) is 20.4. The van der Waals surface area contributed by atoms with Gasteiger partial charge in [0.2, 0.25) is 0 Å². The van der Waals surface area contributed by atoms with Crippen LogP contribution in [0.25, 0.3) is 5.76 Å². The molecule has 0 spiro atoms. The van der Waals surface area contributed by atoms with Crippen molar-refractivity contribution < 1.29 is 24.2 Å². The number of ether oxygens (including phenoxy) is 2. The van der Waals surface area contributed by atoms with Gasteiger partial charge in [-0.05, 0) is 31.0 Å². The van der Waals surface area contributed by atoms with Crippen LogP contribution >= 0.6 is 0 Å². The summed E-state index contributed by atoms with van der Waals surface area (Å²) in [6.45, 7) is 4.67. The first-order valence-electron chi connectivity index (χ1n) is 16.0. The number of ketones is 1. The molecule has 0 bridgehead atoms. The number of aryl methyl sites for hydroxylation is 1. The Labute approximate surface area is 253 Å². The van der Waals surface area contributed by atoms with E-state index in [1.54, 1.807) is 43.4 Å². The molecule has 6 nitrogen and oxygen atoms in total. The number of methoxy groups -OCH3 is 2. The predicted molar refractivity (Wildman–Crippen MR) is 170 cm³/mol. The minimum atomic E-state index is -0.701. The van der Waals surface area contributed by atoms with Gasteiger partial charge in [-0.25, -0.2) is 0 Å². The van der Waals surface area contributed by atoms with Crippen LogP contribution < -0.4 is 9.47 Å². The maximum absolute atomic E-state index is 13.3. The topological polar surface area (TPSA) is 76.1 Å². The Morgan fingerprint density at radius 2 is 1.26 bits per heavy atom. The third-order valence-electron chi connectivity index (χ3n) is 8.34. The number of aliphatic hydroxyl groups excluding tert-OH is 1. The van der Waals surface area contributed by atoms with Gasteiger partial charge < -0.3 is 19.5 Å². The van der Waals surface area contributed by atoms with E-state index in [9.17, 15) is 14.7 Å². The van der Waals surface area contributed by atoms with Gasteiger partial charge in [-0.3, -0.25) is 9.59 Å². The minimum Gasteiger partial charge on any atom is -0.507 e. The largest absolute Gasteiger partial charge is 0.507 e. The molecule has 1 N–H and O–H groups in total. The summed E-state index contributed by atoms with van der Waals surface area (Å²) in [5.74, 6) is -0.316. The Hall–Kier alpha value is -3.28. The molecule has 42 heavy (non-hydrogen) atoms. The molecule has 1 fully saturated rings. The maximum atomic E-state index is 13.3. The van der Waals surface area contributed by atoms with E-state index in [0.717, 1.165) is 24.8 Å². The Balaban J connectivity index is 1.62. The number of rotatable bonds is 19. The number of amides is 1. The Kier molecular flexibility index (Phi) is 13.9. The lowest BCUT2D eigenvalue weighted by Crippen LogP contribution is -2.30. The molecule has 1 amide bonds. The predicted octanol–water partition coefficient (Wildman–Crippen LogP) is 8.92. The maximum Gasteiger partial charge on any atom is 0.295 e. The fourth-order valence-corrected chi connectivity index (χ4v) is 5.82. The molecule has 0 aromatic heterocycles. The van der Waals surface area contributed by atoms with Gasteiger partial charge in [0.25, 0.3) is 11.7 Å². The van der Waals surface area contributed by atoms with E-state index < -0.39 is 17.7 Å². The lowest BCUT2D eigenvalue weighted by atomic mass is 9.94. The van der Waals surface area contributed by atoms with Gasteiger partial charge in [-0.15, -0.1) is 0 Å². The van der Waals surface area contributed by atoms with Crippen LogP contribution in [0, 0.1) is 6.92 Å². The van der Waals surface area contributed by atoms with Crippen molar-refractivity contribution in [2.24, 2.45) is 0 Å². The average molecular weight is 578 g/mol. The Bertz CT molecular complexity index is 1170. The van der Waals surface area contributed by atoms with E-state index in [2.05, 4.69) is 6.92 Å². The van der Waals surface area contributed by atoms with Crippen molar-refractivity contribution in [3.63, 3.8) is 0 Å². The first-order valence-corrected chi connectivity index (χ1v) is 16.0. The molecule has 1 saturated heterocycles. The minimum absolute atomic E-state index is 0.112. The first kappa shape index (κ1) is 33.2. The summed E-state index contributed by atoms with van der Waals surface area (Å²) in [5.41, 5.74) is 2.37. The number of benzene rings is 2. The summed E-state index contributed by atoms with van der Waals surface area (Å²) in [7, 11) is 3.12. The van der Waals surface area contributed by atoms with Crippen molar-refractivity contribution in [2.45, 2.75) is 110 Å². The summed E-state index contributed by atoms with van der Waals surface area (Å²) in [6, 6.07) is 12.0. The molecule has 0 saturated carbocycles. The summed E-state index contributed by atoms with van der Waals surface area (Å²) in [4.78, 5) is 28.3. The van der Waals surface area contributed by atoms with E-state index in [4.69, 9.17) is 9.47 Å². The van der Waals surface area contributed by atoms with E-state index in [1.165, 1.54) is 70.6 Å². The van der Waals surface area contributed by atoms with Crippen molar-refractivity contribution >= 4 is 17.4 Å². The SMILES string of the molecule is CCCCCCCCCCCCCCCCN1C(=O)C(=O)/C(=C(\O)c2ccc(C)cc2)C1c1ccc(OC)c(OC)c1. The normalized spacial score (nSPS) is 16.3. The van der Waals surface area contributed by atoms with Crippen LogP contribution in [0.5, 0.6) is 11.5 Å². The van der Waals surface area contributed by atoms with Crippen LogP contribution in [0.2, 0.25) is 0 Å². The molecule has 230 valence electrons. The van der Waals surface area contributed by atoms with Gasteiger partial charge >= 0.3 is 0 Å². The number of Topliss-reactive ketones (excluding diaryl/α,β-unsaturated/α-hetero) is 1. The monoisotopic (exact) mass is 577 g/mol. The van der Waals surface area contributed by atoms with Crippen molar-refractivity contribution in [1.29, 1.82) is 0 Å². The van der Waals surface area contributed by atoms with Gasteiger partial charge in [-0.1, -0.05) is 126 Å². The van der Waals surface area contributed by atoms with Gasteiger partial charge in [0.05, 0.1) is 25.8 Å². The van der Waals surface area contributed by atoms with Crippen LogP contribution in [0.15, 0.2) is 48.0 Å². The number of hydrogen-bond donors (Lipinski definition) is 1. The lowest BCUT2D eigenvalue weighted by molar-refractivity contribution is -0.139. The lowest BCUT2D eigenvalue weighted by Gasteiger charge is -2.26. The molecular formula is C36H51NO5. The third-order valence-corrected chi connectivity index (χ3v) is 8.34. The fraction of sp³-hybridized carbons (Fsp3) is 0.556. The summed E-state index contributed by atoms with van der Waals surface area (Å²) >= 11 is 0. The van der Waals surface area contributed by atoms with Crippen LogP contribution in [-0.4, -0.2) is 42.5 Å². The number of nitrogens with zero attached hydrogens (tertiary/aromatic N) is 1. The number of likely N-dealkylation sites (tertiary alicyclic amines) is 1. The highest BCUT2D eigenvalue weighted by molar-refractivity contribution is 6.46. The zero-order valence-corrected chi connectivity index (χ0v) is 26.3. The number of carbonyl (C=O) groups excluding carboxylic acids is 2. The van der Waals surface area contributed by atoms with Gasteiger partial charge in [-0.2, -0.15) is 0 Å². The molecule has 1 unspecified atom stereocenters. The van der Waals surface area contributed by atoms with E-state index in [-0.39, 0.29) is 11.3 Å². The molecule has 6 heteroatoms. The smallest absolute Gasteiger partial charge is 0.295 e. The molecule has 0 aliphatic carbocycles. The van der Waals surface area contributed by atoms with Gasteiger partial charge in [0.1, 0.15) is 5.76 Å². The highest BCUT2D eigenvalue weighted by Crippen LogP contribution is 2.42. The van der Waals surface area contributed by atoms with Gasteiger partial charge in [0.15, 0.2) is 11.5 Å². The summed E-state index contributed by atoms with van der Waals surface area (Å²) in [6.07, 6.45) is 17.5. The molecule has 1 aliphatic rings. The van der Waals surface area contributed by atoms with E-state index in [0.29, 0.717) is 29.2 Å². The summed E-state index contributed by atoms with van der Waals surface area (Å²) < 4.78 is 10.9. The number of aliphatic hydroxyl groups is 1. The molecular weight excluding hydrogens is 526 g/mol. The van der Waals surface area contributed by atoms with Crippen LogP contribution in [-0.2, 0) is 9.59 Å². The molecule has 0 radical (unpaired) electrons. The van der Waals surface area contributed by atoms with Crippen molar-refractivity contribution in [2.75, 3.05) is 20.8 Å². The number of carbonyl (C=O) groups is 2. The zero-order chi connectivity index (χ0) is 30.3. The molecule has 1 aliphatic heterocycles. The van der Waals surface area contributed by atoms with Crippen molar-refractivity contribution in [3.8, 4) is 11.5 Å². The van der Waals surface area contributed by atoms with E-state index >= 15 is 0 Å². The molecule has 3 rings (SSSR count). The van der Waals surface area contributed by atoms with Crippen LogP contribution in [0.1, 0.15) is 120 Å². The number of unbranched alkanes of at least 4 members (excludes halogenated alkanes) is 13. The zero-order valence-electron chi connectivity index (χ0n) is 26.3. The second kappa shape index (κ2) is 17.6. The van der Waals surface area contributed by atoms with Gasteiger partial charge in [0, 0.05) is 12.1 Å². The standard InChI is InChI=1S/C36H51NO5/c1-5-6-7-8-9-10-11-12-13-14-15-16-17-18-25-37-33(29-23-24-30(41-3)31(26-29)42-4)32(35(39)36(37)40)34(38)28-21-19-27(2)20-22-28/h19-24,26,33,38H,5-18,25H2,1-4H3/b34-32-. The quantitative estimate of drug-likeness (QED) is 0.0781. The molecule has 2 aromatic carbocycles. The number of hydrogen-bond acceptors (Lipinski definition) is 5. The highest BCUT2D eigenvalue weighted by Gasteiger charge is 2.46. The fourth-order valence-electron chi connectivity index (χ4n) is 5.82. The van der Waals surface area contributed by atoms with Crippen LogP contribution in [0.3, 0.4) is 0 Å². The highest BCUT2D eigenvalue weighted by atomic mass is 16.5. The van der Waals surface area contributed by atoms with E-state index in [1.807, 2.05) is 25.1 Å². The second-order valence-corrected chi connectivity index (χ2v) is 11.6. The molecule has 1 heterocycles. The third kappa shape index (κ3) is 9.11. The van der Waals surface area contributed by atoms with Crippen LogP contribution in [0.4, 0.5) is 0 Å². The second-order valence-electron chi connectivity index (χ2n) is 11.6. The Morgan fingerprint density at radius 3 is 1.79 bits per heavy atom. The molecule has 2 aromatic rings. The van der Waals surface area contributed by atoms with Crippen molar-refractivity contribution in [3.05, 3.63) is 64.7 Å².